The number of hydrogen-bond acceptors (Lipinski definition) is 6. The summed E-state index contributed by atoms with van der Waals surface area (Å²) in [5.74, 6) is -11.7. The van der Waals surface area contributed by atoms with Crippen LogP contribution in [0.1, 0.15) is 41.4 Å². The summed E-state index contributed by atoms with van der Waals surface area (Å²) in [5, 5.41) is 36.7. The molecule has 0 amide bonds. The molecule has 0 spiro atoms. The summed E-state index contributed by atoms with van der Waals surface area (Å²) in [6.45, 7) is 0. The fraction of sp³-hybridized carbons (Fsp3) is 0.111. The molecule has 0 aliphatic carbocycles. The second-order valence-corrected chi connectivity index (χ2v) is 6.11. The second-order valence-electron chi connectivity index (χ2n) is 6.11. The van der Waals surface area contributed by atoms with Crippen LogP contribution in [0.15, 0.2) is 24.3 Å². The van der Waals surface area contributed by atoms with Gasteiger partial charge < -0.3 is 29.9 Å². The van der Waals surface area contributed by atoms with Gasteiger partial charge in [0, 0.05) is 0 Å². The molecule has 0 aromatic heterocycles. The lowest BCUT2D eigenvalue weighted by Gasteiger charge is -2.17. The van der Waals surface area contributed by atoms with Gasteiger partial charge in [-0.05, 0) is 35.4 Å². The van der Waals surface area contributed by atoms with E-state index in [4.69, 9.17) is 10.2 Å². The molecule has 2 aromatic carbocycles. The molecule has 0 radical (unpaired) electrons. The fourth-order valence-electron chi connectivity index (χ4n) is 2.75. The standard InChI is InChI=1S/C18H8F6O10/c19-17(20,21)33-9-3-5(1-7(13(25)26)11(9)15(29)30)6-2-8(14(27)28)12(16(31)32)10(4-6)34-18(22,23)24/h1-4H,(H,25,26)(H,27,28)(H,29,30)(H,31,32). The molecule has 34 heavy (non-hydrogen) atoms. The van der Waals surface area contributed by atoms with Crippen LogP contribution in [-0.4, -0.2) is 57.0 Å². The zero-order valence-corrected chi connectivity index (χ0v) is 15.8. The summed E-state index contributed by atoms with van der Waals surface area (Å²) in [5.41, 5.74) is -7.09. The number of hydrogen-bond donors (Lipinski definition) is 4. The third-order valence-corrected chi connectivity index (χ3v) is 3.88. The van der Waals surface area contributed by atoms with Gasteiger partial charge >= 0.3 is 36.6 Å². The highest BCUT2D eigenvalue weighted by Crippen LogP contribution is 2.38. The van der Waals surface area contributed by atoms with Crippen molar-refractivity contribution in [3.8, 4) is 22.6 Å². The molecule has 10 nitrogen and oxygen atoms in total. The Balaban J connectivity index is 2.96. The van der Waals surface area contributed by atoms with Crippen molar-refractivity contribution in [2.45, 2.75) is 12.7 Å². The average Bonchev–Trinajstić information content (AvgIpc) is 2.63. The maximum Gasteiger partial charge on any atom is 0.573 e. The van der Waals surface area contributed by atoms with Crippen LogP contribution in [0.3, 0.4) is 0 Å². The van der Waals surface area contributed by atoms with E-state index in [2.05, 4.69) is 9.47 Å². The zero-order chi connectivity index (χ0) is 26.2. The molecule has 4 N–H and O–H groups in total. The van der Waals surface area contributed by atoms with Crippen LogP contribution in [0, 0.1) is 0 Å². The number of halogens is 6. The molecule has 0 unspecified atom stereocenters. The van der Waals surface area contributed by atoms with Crippen LogP contribution in [-0.2, 0) is 0 Å². The topological polar surface area (TPSA) is 168 Å². The Morgan fingerprint density at radius 3 is 1.06 bits per heavy atom. The molecule has 0 saturated heterocycles. The van der Waals surface area contributed by atoms with Crippen LogP contribution < -0.4 is 9.47 Å². The molecule has 2 rings (SSSR count). The molecule has 16 heteroatoms. The van der Waals surface area contributed by atoms with E-state index in [9.17, 15) is 55.7 Å². The first kappa shape index (κ1) is 25.8. The van der Waals surface area contributed by atoms with E-state index in [1.54, 1.807) is 0 Å². The van der Waals surface area contributed by atoms with Crippen LogP contribution in [0.2, 0.25) is 0 Å². The zero-order valence-electron chi connectivity index (χ0n) is 15.8. The summed E-state index contributed by atoms with van der Waals surface area (Å²) in [6, 6.07) is 1.35. The van der Waals surface area contributed by atoms with E-state index in [1.807, 2.05) is 0 Å². The van der Waals surface area contributed by atoms with Crippen molar-refractivity contribution in [2.24, 2.45) is 0 Å². The monoisotopic (exact) mass is 498 g/mol. The van der Waals surface area contributed by atoms with E-state index < -0.39 is 81.5 Å². The third kappa shape index (κ3) is 5.84. The quantitative estimate of drug-likeness (QED) is 0.411. The van der Waals surface area contributed by atoms with Gasteiger partial charge in [-0.25, -0.2) is 19.2 Å². The van der Waals surface area contributed by atoms with Crippen molar-refractivity contribution in [2.75, 3.05) is 0 Å². The number of benzene rings is 2. The molecule has 0 saturated carbocycles. The lowest BCUT2D eigenvalue weighted by molar-refractivity contribution is -0.275. The highest BCUT2D eigenvalue weighted by molar-refractivity contribution is 6.07. The Labute approximate surface area is 182 Å². The molecule has 2 aromatic rings. The predicted octanol–water partition coefficient (Wildman–Crippen LogP) is 3.94. The van der Waals surface area contributed by atoms with Crippen molar-refractivity contribution in [3.05, 3.63) is 46.5 Å². The van der Waals surface area contributed by atoms with Gasteiger partial charge in [0.15, 0.2) is 0 Å². The minimum atomic E-state index is -5.54. The summed E-state index contributed by atoms with van der Waals surface area (Å²) >= 11 is 0. The highest BCUT2D eigenvalue weighted by Gasteiger charge is 2.37. The third-order valence-electron chi connectivity index (χ3n) is 3.88. The minimum absolute atomic E-state index is 0.266. The van der Waals surface area contributed by atoms with Crippen LogP contribution >= 0.6 is 0 Å². The van der Waals surface area contributed by atoms with Crippen molar-refractivity contribution in [1.82, 2.24) is 0 Å². The molecular formula is C18H8F6O10. The van der Waals surface area contributed by atoms with Crippen molar-refractivity contribution < 1.29 is 75.4 Å². The first-order chi connectivity index (χ1) is 15.4. The normalized spacial score (nSPS) is 11.6. The second kappa shape index (κ2) is 8.80. The van der Waals surface area contributed by atoms with Gasteiger partial charge in [-0.1, -0.05) is 0 Å². The van der Waals surface area contributed by atoms with E-state index in [1.165, 1.54) is 0 Å². The molecule has 0 atom stereocenters. The Hall–Kier alpha value is -4.50. The van der Waals surface area contributed by atoms with Crippen molar-refractivity contribution >= 4 is 23.9 Å². The minimum Gasteiger partial charge on any atom is -0.478 e. The number of rotatable bonds is 7. The Bertz CT molecular complexity index is 1110. The fourth-order valence-corrected chi connectivity index (χ4v) is 2.75. The average molecular weight is 498 g/mol. The van der Waals surface area contributed by atoms with Crippen molar-refractivity contribution in [1.29, 1.82) is 0 Å². The van der Waals surface area contributed by atoms with E-state index in [0.717, 1.165) is 0 Å². The van der Waals surface area contributed by atoms with Gasteiger partial charge in [0.1, 0.15) is 22.6 Å². The largest absolute Gasteiger partial charge is 0.573 e. The van der Waals surface area contributed by atoms with Gasteiger partial charge in [0.25, 0.3) is 0 Å². The van der Waals surface area contributed by atoms with E-state index in [0.29, 0.717) is 12.1 Å². The van der Waals surface area contributed by atoms with Gasteiger partial charge in [0.2, 0.25) is 0 Å². The smallest absolute Gasteiger partial charge is 0.478 e. The molecule has 182 valence electrons. The van der Waals surface area contributed by atoms with Gasteiger partial charge in [0.05, 0.1) is 11.1 Å². The summed E-state index contributed by atoms with van der Waals surface area (Å²) in [6.07, 6.45) is -11.1. The summed E-state index contributed by atoms with van der Waals surface area (Å²) < 4.78 is 83.6. The van der Waals surface area contributed by atoms with Crippen LogP contribution in [0.5, 0.6) is 11.5 Å². The maximum absolute atomic E-state index is 12.8. The molecule has 0 aliphatic heterocycles. The number of ether oxygens (including phenoxy) is 2. The Morgan fingerprint density at radius 1 is 0.559 bits per heavy atom. The number of alkyl halides is 6. The molecule has 0 aliphatic rings. The number of carboxylic acids is 4. The first-order valence-corrected chi connectivity index (χ1v) is 8.22. The number of carbonyl (C=O) groups is 4. The lowest BCUT2D eigenvalue weighted by atomic mass is 9.94. The maximum atomic E-state index is 12.8. The number of aromatic carboxylic acids is 4. The van der Waals surface area contributed by atoms with E-state index >= 15 is 0 Å². The number of carboxylic acid groups (broad SMARTS) is 4. The molecule has 0 fully saturated rings. The predicted molar refractivity (Wildman–Crippen MR) is 93.1 cm³/mol. The highest BCUT2D eigenvalue weighted by atomic mass is 19.4. The molecular weight excluding hydrogens is 490 g/mol. The Kier molecular flexibility index (Phi) is 6.66. The molecule has 0 bridgehead atoms. The van der Waals surface area contributed by atoms with E-state index in [-0.39, 0.29) is 12.1 Å². The summed E-state index contributed by atoms with van der Waals surface area (Å²) in [4.78, 5) is 45.6. The first-order valence-electron chi connectivity index (χ1n) is 8.22. The van der Waals surface area contributed by atoms with Crippen molar-refractivity contribution in [3.63, 3.8) is 0 Å². The van der Waals surface area contributed by atoms with Gasteiger partial charge in [-0.15, -0.1) is 26.3 Å². The SMILES string of the molecule is O=C(O)c1cc(-c2cc(OC(F)(F)F)c(C(=O)O)c(C(=O)O)c2)cc(OC(F)(F)F)c1C(=O)O. The Morgan fingerprint density at radius 2 is 0.853 bits per heavy atom. The molecule has 0 heterocycles. The van der Waals surface area contributed by atoms with Crippen LogP contribution in [0.25, 0.3) is 11.1 Å². The van der Waals surface area contributed by atoms with Gasteiger partial charge in [-0.2, -0.15) is 0 Å². The van der Waals surface area contributed by atoms with Gasteiger partial charge in [-0.3, -0.25) is 0 Å². The van der Waals surface area contributed by atoms with Crippen LogP contribution in [0.4, 0.5) is 26.3 Å². The lowest BCUT2D eigenvalue weighted by Crippen LogP contribution is -2.21. The summed E-state index contributed by atoms with van der Waals surface area (Å²) in [7, 11) is 0.